The molecule has 0 unspecified atom stereocenters. The van der Waals surface area contributed by atoms with Crippen LogP contribution in [0.2, 0.25) is 0 Å². The first-order chi connectivity index (χ1) is 11.7. The van der Waals surface area contributed by atoms with Gasteiger partial charge in [0.05, 0.1) is 12.5 Å². The topological polar surface area (TPSA) is 72.8 Å². The number of nitrogens with one attached hydrogen (secondary N) is 1. The second-order valence-electron chi connectivity index (χ2n) is 5.77. The predicted molar refractivity (Wildman–Crippen MR) is 92.2 cm³/mol. The van der Waals surface area contributed by atoms with Crippen LogP contribution in [0.5, 0.6) is 0 Å². The van der Waals surface area contributed by atoms with Crippen molar-refractivity contribution in [3.05, 3.63) is 65.6 Å². The van der Waals surface area contributed by atoms with Gasteiger partial charge in [-0.05, 0) is 36.2 Å². The standard InChI is InChI=1S/C19H18N4O/c1-14-5-6-16-11-18(22-17(16)10-14)19(24)23(9-3-7-20)13-15-4-2-8-21-12-15/h2,4-6,8,10-12,22H,3,9,13H2,1H3. The zero-order valence-corrected chi connectivity index (χ0v) is 13.5. The fourth-order valence-electron chi connectivity index (χ4n) is 2.68. The summed E-state index contributed by atoms with van der Waals surface area (Å²) in [5, 5.41) is 9.88. The minimum atomic E-state index is -0.108. The molecule has 0 saturated heterocycles. The first kappa shape index (κ1) is 15.8. The summed E-state index contributed by atoms with van der Waals surface area (Å²) in [4.78, 5) is 21.8. The van der Waals surface area contributed by atoms with E-state index in [-0.39, 0.29) is 5.91 Å². The Hall–Kier alpha value is -3.13. The lowest BCUT2D eigenvalue weighted by Crippen LogP contribution is -2.31. The zero-order chi connectivity index (χ0) is 16.9. The molecule has 3 rings (SSSR count). The Bertz CT molecular complexity index is 893. The fraction of sp³-hybridized carbons (Fsp3) is 0.211. The summed E-state index contributed by atoms with van der Waals surface area (Å²) in [5.41, 5.74) is 3.56. The molecule has 0 aliphatic heterocycles. The molecule has 1 N–H and O–H groups in total. The highest BCUT2D eigenvalue weighted by Crippen LogP contribution is 2.19. The molecule has 1 amide bonds. The third kappa shape index (κ3) is 3.44. The van der Waals surface area contributed by atoms with Crippen molar-refractivity contribution in [1.29, 1.82) is 5.26 Å². The molecule has 0 saturated carbocycles. The Morgan fingerprint density at radius 2 is 2.21 bits per heavy atom. The second-order valence-corrected chi connectivity index (χ2v) is 5.77. The van der Waals surface area contributed by atoms with Gasteiger partial charge in [-0.3, -0.25) is 9.78 Å². The van der Waals surface area contributed by atoms with Crippen molar-refractivity contribution in [2.45, 2.75) is 19.9 Å². The number of carbonyl (C=O) groups excluding carboxylic acids is 1. The molecular formula is C19H18N4O. The van der Waals surface area contributed by atoms with E-state index in [1.807, 2.05) is 43.3 Å². The van der Waals surface area contributed by atoms with Crippen LogP contribution in [-0.4, -0.2) is 27.3 Å². The van der Waals surface area contributed by atoms with Crippen molar-refractivity contribution in [1.82, 2.24) is 14.9 Å². The van der Waals surface area contributed by atoms with E-state index < -0.39 is 0 Å². The summed E-state index contributed by atoms with van der Waals surface area (Å²) in [5.74, 6) is -0.108. The van der Waals surface area contributed by atoms with Crippen LogP contribution in [0.4, 0.5) is 0 Å². The minimum absolute atomic E-state index is 0.108. The van der Waals surface area contributed by atoms with E-state index in [1.165, 1.54) is 0 Å². The van der Waals surface area contributed by atoms with Gasteiger partial charge >= 0.3 is 0 Å². The van der Waals surface area contributed by atoms with Gasteiger partial charge in [0.1, 0.15) is 5.69 Å². The maximum absolute atomic E-state index is 12.9. The third-order valence-electron chi connectivity index (χ3n) is 3.89. The van der Waals surface area contributed by atoms with E-state index in [4.69, 9.17) is 5.26 Å². The number of benzene rings is 1. The van der Waals surface area contributed by atoms with Gasteiger partial charge in [-0.2, -0.15) is 5.26 Å². The molecule has 5 heteroatoms. The van der Waals surface area contributed by atoms with Crippen LogP contribution in [0.3, 0.4) is 0 Å². The predicted octanol–water partition coefficient (Wildman–Crippen LogP) is 3.43. The van der Waals surface area contributed by atoms with Crippen molar-refractivity contribution in [2.75, 3.05) is 6.54 Å². The van der Waals surface area contributed by atoms with Crippen LogP contribution in [0.1, 0.15) is 28.0 Å². The molecule has 5 nitrogen and oxygen atoms in total. The van der Waals surface area contributed by atoms with E-state index in [0.717, 1.165) is 22.0 Å². The van der Waals surface area contributed by atoms with Crippen molar-refractivity contribution in [2.24, 2.45) is 0 Å². The number of hydrogen-bond acceptors (Lipinski definition) is 3. The fourth-order valence-corrected chi connectivity index (χ4v) is 2.68. The van der Waals surface area contributed by atoms with Gasteiger partial charge in [-0.15, -0.1) is 0 Å². The largest absolute Gasteiger partial charge is 0.351 e. The average molecular weight is 318 g/mol. The first-order valence-electron chi connectivity index (χ1n) is 7.82. The number of aromatic nitrogens is 2. The van der Waals surface area contributed by atoms with Crippen LogP contribution < -0.4 is 0 Å². The number of aromatic amines is 1. The van der Waals surface area contributed by atoms with Crippen LogP contribution in [0, 0.1) is 18.3 Å². The molecule has 0 spiro atoms. The van der Waals surface area contributed by atoms with E-state index in [2.05, 4.69) is 16.0 Å². The summed E-state index contributed by atoms with van der Waals surface area (Å²) in [7, 11) is 0. The molecular weight excluding hydrogens is 300 g/mol. The number of amides is 1. The van der Waals surface area contributed by atoms with Crippen LogP contribution >= 0.6 is 0 Å². The lowest BCUT2D eigenvalue weighted by molar-refractivity contribution is 0.0742. The molecule has 24 heavy (non-hydrogen) atoms. The lowest BCUT2D eigenvalue weighted by Gasteiger charge is -2.21. The molecule has 0 radical (unpaired) electrons. The normalized spacial score (nSPS) is 10.5. The summed E-state index contributed by atoms with van der Waals surface area (Å²) in [6.45, 7) is 2.84. The summed E-state index contributed by atoms with van der Waals surface area (Å²) < 4.78 is 0. The van der Waals surface area contributed by atoms with E-state index >= 15 is 0 Å². The molecule has 120 valence electrons. The van der Waals surface area contributed by atoms with Gasteiger partial charge in [0, 0.05) is 36.4 Å². The Kier molecular flexibility index (Phi) is 4.57. The molecule has 0 aliphatic rings. The van der Waals surface area contributed by atoms with Crippen LogP contribution in [-0.2, 0) is 6.54 Å². The SMILES string of the molecule is Cc1ccc2cc(C(=O)N(CCC#N)Cc3cccnc3)[nH]c2c1. The van der Waals surface area contributed by atoms with Crippen molar-refractivity contribution >= 4 is 16.8 Å². The Labute approximate surface area is 140 Å². The minimum Gasteiger partial charge on any atom is -0.351 e. The van der Waals surface area contributed by atoms with Gasteiger partial charge in [0.25, 0.3) is 5.91 Å². The van der Waals surface area contributed by atoms with Crippen molar-refractivity contribution in [3.8, 4) is 6.07 Å². The number of fused-ring (bicyclic) bond motifs is 1. The number of carbonyl (C=O) groups is 1. The van der Waals surface area contributed by atoms with E-state index in [9.17, 15) is 4.79 Å². The van der Waals surface area contributed by atoms with Crippen LogP contribution in [0.25, 0.3) is 10.9 Å². The van der Waals surface area contributed by atoms with Crippen LogP contribution in [0.15, 0.2) is 48.8 Å². The van der Waals surface area contributed by atoms with Gasteiger partial charge in [-0.1, -0.05) is 18.2 Å². The summed E-state index contributed by atoms with van der Waals surface area (Å²) in [6, 6.07) is 13.8. The zero-order valence-electron chi connectivity index (χ0n) is 13.5. The van der Waals surface area contributed by atoms with E-state index in [0.29, 0.717) is 25.2 Å². The van der Waals surface area contributed by atoms with Gasteiger partial charge in [-0.25, -0.2) is 0 Å². The summed E-state index contributed by atoms with van der Waals surface area (Å²) >= 11 is 0. The average Bonchev–Trinajstić information content (AvgIpc) is 3.02. The molecule has 0 aliphatic carbocycles. The molecule has 2 heterocycles. The molecule has 3 aromatic rings. The maximum atomic E-state index is 12.9. The third-order valence-corrected chi connectivity index (χ3v) is 3.89. The quantitative estimate of drug-likeness (QED) is 0.783. The Balaban J connectivity index is 1.87. The van der Waals surface area contributed by atoms with Gasteiger partial charge in [0.15, 0.2) is 0 Å². The highest BCUT2D eigenvalue weighted by Gasteiger charge is 2.18. The maximum Gasteiger partial charge on any atom is 0.270 e. The molecule has 0 bridgehead atoms. The number of nitriles is 1. The molecule has 2 aromatic heterocycles. The number of hydrogen-bond donors (Lipinski definition) is 1. The number of nitrogens with zero attached hydrogens (tertiary/aromatic N) is 3. The number of aryl methyl sites for hydroxylation is 1. The van der Waals surface area contributed by atoms with Crippen molar-refractivity contribution < 1.29 is 4.79 Å². The lowest BCUT2D eigenvalue weighted by atomic mass is 10.2. The highest BCUT2D eigenvalue weighted by atomic mass is 16.2. The molecule has 1 aromatic carbocycles. The second kappa shape index (κ2) is 6.97. The van der Waals surface area contributed by atoms with E-state index in [1.54, 1.807) is 17.3 Å². The molecule has 0 fully saturated rings. The Morgan fingerprint density at radius 1 is 1.33 bits per heavy atom. The number of H-pyrrole nitrogens is 1. The molecule has 0 atom stereocenters. The first-order valence-corrected chi connectivity index (χ1v) is 7.82. The monoisotopic (exact) mass is 318 g/mol. The highest BCUT2D eigenvalue weighted by molar-refractivity contribution is 5.98. The Morgan fingerprint density at radius 3 is 2.96 bits per heavy atom. The smallest absolute Gasteiger partial charge is 0.270 e. The number of pyridine rings is 1. The summed E-state index contributed by atoms with van der Waals surface area (Å²) in [6.07, 6.45) is 3.73. The number of rotatable bonds is 5. The van der Waals surface area contributed by atoms with Gasteiger partial charge in [0.2, 0.25) is 0 Å². The van der Waals surface area contributed by atoms with Crippen molar-refractivity contribution in [3.63, 3.8) is 0 Å². The van der Waals surface area contributed by atoms with Gasteiger partial charge < -0.3 is 9.88 Å².